The van der Waals surface area contributed by atoms with Gasteiger partial charge in [0.05, 0.1) is 13.2 Å². The fourth-order valence-electron chi connectivity index (χ4n) is 3.32. The Kier molecular flexibility index (Phi) is 5.56. The van der Waals surface area contributed by atoms with E-state index in [1.807, 2.05) is 17.9 Å². The number of hydrogen-bond donors (Lipinski definition) is 0. The Balaban J connectivity index is 1.62. The lowest BCUT2D eigenvalue weighted by Gasteiger charge is -2.29. The summed E-state index contributed by atoms with van der Waals surface area (Å²) in [6, 6.07) is 1.95. The van der Waals surface area contributed by atoms with E-state index in [2.05, 4.69) is 9.97 Å². The van der Waals surface area contributed by atoms with E-state index >= 15 is 0 Å². The number of carbonyl (C=O) groups is 1. The molecule has 0 saturated carbocycles. The van der Waals surface area contributed by atoms with Crippen molar-refractivity contribution in [2.75, 3.05) is 39.5 Å². The number of aryl methyl sites for hydroxylation is 1. The third kappa shape index (κ3) is 4.48. The quantitative estimate of drug-likeness (QED) is 0.838. The van der Waals surface area contributed by atoms with Crippen LogP contribution < -0.4 is 0 Å². The molecule has 3 heterocycles. The average molecular weight is 319 g/mol. The van der Waals surface area contributed by atoms with E-state index in [9.17, 15) is 4.79 Å². The molecule has 6 nitrogen and oxygen atoms in total. The highest BCUT2D eigenvalue weighted by Crippen LogP contribution is 2.20. The number of rotatable bonds is 3. The zero-order chi connectivity index (χ0) is 16.1. The molecule has 2 aliphatic heterocycles. The van der Waals surface area contributed by atoms with Gasteiger partial charge < -0.3 is 14.4 Å². The molecule has 0 aliphatic carbocycles. The largest absolute Gasteiger partial charge is 0.381 e. The van der Waals surface area contributed by atoms with Crippen molar-refractivity contribution < 1.29 is 14.3 Å². The lowest BCUT2D eigenvalue weighted by molar-refractivity contribution is -0.138. The molecule has 2 aliphatic rings. The highest BCUT2D eigenvalue weighted by Gasteiger charge is 2.29. The van der Waals surface area contributed by atoms with Crippen LogP contribution in [0.3, 0.4) is 0 Å². The minimum absolute atomic E-state index is 0.115. The van der Waals surface area contributed by atoms with Crippen LogP contribution in [0, 0.1) is 18.8 Å². The van der Waals surface area contributed by atoms with Crippen molar-refractivity contribution in [2.24, 2.45) is 11.8 Å². The standard InChI is InChI=1S/C17H25N3O3/c1-13-18-5-2-16(19-13)10-14-11-20(6-9-23-12-14)17(21)15-3-7-22-8-4-15/h2,5,14-15H,3-4,6-12H2,1H3. The smallest absolute Gasteiger partial charge is 0.225 e. The first kappa shape index (κ1) is 16.3. The van der Waals surface area contributed by atoms with E-state index in [1.165, 1.54) is 0 Å². The van der Waals surface area contributed by atoms with E-state index < -0.39 is 0 Å². The van der Waals surface area contributed by atoms with Crippen LogP contribution in [0.2, 0.25) is 0 Å². The summed E-state index contributed by atoms with van der Waals surface area (Å²) in [5.41, 5.74) is 1.02. The van der Waals surface area contributed by atoms with Crippen molar-refractivity contribution >= 4 is 5.91 Å². The van der Waals surface area contributed by atoms with Crippen LogP contribution in [0.15, 0.2) is 12.3 Å². The Morgan fingerprint density at radius 3 is 2.91 bits per heavy atom. The maximum absolute atomic E-state index is 12.7. The summed E-state index contributed by atoms with van der Waals surface area (Å²) in [4.78, 5) is 23.3. The topological polar surface area (TPSA) is 64.5 Å². The molecule has 1 unspecified atom stereocenters. The Hall–Kier alpha value is -1.53. The molecule has 0 N–H and O–H groups in total. The van der Waals surface area contributed by atoms with Gasteiger partial charge in [0.15, 0.2) is 0 Å². The summed E-state index contributed by atoms with van der Waals surface area (Å²) in [7, 11) is 0. The molecule has 23 heavy (non-hydrogen) atoms. The van der Waals surface area contributed by atoms with E-state index in [4.69, 9.17) is 9.47 Å². The molecule has 0 bridgehead atoms. The molecule has 2 fully saturated rings. The summed E-state index contributed by atoms with van der Waals surface area (Å²) in [5.74, 6) is 1.45. The Bertz CT molecular complexity index is 532. The van der Waals surface area contributed by atoms with Gasteiger partial charge in [-0.15, -0.1) is 0 Å². The van der Waals surface area contributed by atoms with Crippen LogP contribution in [0.4, 0.5) is 0 Å². The third-order valence-corrected chi connectivity index (χ3v) is 4.55. The van der Waals surface area contributed by atoms with Crippen molar-refractivity contribution in [2.45, 2.75) is 26.2 Å². The van der Waals surface area contributed by atoms with Gasteiger partial charge in [0.2, 0.25) is 5.91 Å². The SMILES string of the molecule is Cc1nccc(CC2COCCN(C(=O)C3CCOCC3)C2)n1. The summed E-state index contributed by atoms with van der Waals surface area (Å²) >= 11 is 0. The fourth-order valence-corrected chi connectivity index (χ4v) is 3.32. The highest BCUT2D eigenvalue weighted by atomic mass is 16.5. The molecule has 1 aromatic heterocycles. The second-order valence-corrected chi connectivity index (χ2v) is 6.41. The first-order valence-electron chi connectivity index (χ1n) is 8.45. The Morgan fingerprint density at radius 1 is 1.30 bits per heavy atom. The molecule has 0 radical (unpaired) electrons. The van der Waals surface area contributed by atoms with Gasteiger partial charge in [-0.05, 0) is 32.3 Å². The minimum atomic E-state index is 0.115. The molecular weight excluding hydrogens is 294 g/mol. The molecule has 3 rings (SSSR count). The van der Waals surface area contributed by atoms with Gasteiger partial charge in [0, 0.05) is 50.0 Å². The summed E-state index contributed by atoms with van der Waals surface area (Å²) < 4.78 is 11.1. The van der Waals surface area contributed by atoms with E-state index in [0.29, 0.717) is 33.0 Å². The van der Waals surface area contributed by atoms with E-state index in [-0.39, 0.29) is 17.7 Å². The van der Waals surface area contributed by atoms with Crippen molar-refractivity contribution in [3.05, 3.63) is 23.8 Å². The predicted molar refractivity (Wildman–Crippen MR) is 84.9 cm³/mol. The average Bonchev–Trinajstić information content (AvgIpc) is 2.80. The second-order valence-electron chi connectivity index (χ2n) is 6.41. The third-order valence-electron chi connectivity index (χ3n) is 4.55. The van der Waals surface area contributed by atoms with Gasteiger partial charge >= 0.3 is 0 Å². The van der Waals surface area contributed by atoms with Gasteiger partial charge in [-0.1, -0.05) is 0 Å². The van der Waals surface area contributed by atoms with Crippen molar-refractivity contribution in [1.82, 2.24) is 14.9 Å². The molecule has 1 aromatic rings. The van der Waals surface area contributed by atoms with Gasteiger partial charge in [0.1, 0.15) is 5.82 Å². The number of hydrogen-bond acceptors (Lipinski definition) is 5. The number of nitrogens with zero attached hydrogens (tertiary/aromatic N) is 3. The Labute approximate surface area is 137 Å². The monoisotopic (exact) mass is 319 g/mol. The zero-order valence-corrected chi connectivity index (χ0v) is 13.7. The van der Waals surface area contributed by atoms with E-state index in [0.717, 1.165) is 37.3 Å². The highest BCUT2D eigenvalue weighted by molar-refractivity contribution is 5.79. The summed E-state index contributed by atoms with van der Waals surface area (Å²) in [6.07, 6.45) is 4.29. The first-order chi connectivity index (χ1) is 11.2. The Morgan fingerprint density at radius 2 is 2.13 bits per heavy atom. The van der Waals surface area contributed by atoms with Crippen LogP contribution >= 0.6 is 0 Å². The molecule has 1 amide bonds. The van der Waals surface area contributed by atoms with Gasteiger partial charge in [0.25, 0.3) is 0 Å². The molecule has 0 spiro atoms. The number of ether oxygens (including phenoxy) is 2. The number of amides is 1. The predicted octanol–water partition coefficient (Wildman–Crippen LogP) is 1.23. The molecule has 126 valence electrons. The van der Waals surface area contributed by atoms with Crippen LogP contribution in [-0.4, -0.2) is 60.3 Å². The van der Waals surface area contributed by atoms with E-state index in [1.54, 1.807) is 6.20 Å². The molecule has 2 saturated heterocycles. The van der Waals surface area contributed by atoms with Crippen molar-refractivity contribution in [3.63, 3.8) is 0 Å². The summed E-state index contributed by atoms with van der Waals surface area (Å²) in [5, 5.41) is 0. The molecule has 0 aromatic carbocycles. The van der Waals surface area contributed by atoms with Crippen LogP contribution in [0.5, 0.6) is 0 Å². The lowest BCUT2D eigenvalue weighted by Crippen LogP contribution is -2.41. The number of aromatic nitrogens is 2. The molecule has 1 atom stereocenters. The second kappa shape index (κ2) is 7.84. The van der Waals surface area contributed by atoms with Crippen LogP contribution in [-0.2, 0) is 20.7 Å². The fraction of sp³-hybridized carbons (Fsp3) is 0.706. The lowest BCUT2D eigenvalue weighted by atomic mass is 9.97. The normalized spacial score (nSPS) is 23.5. The van der Waals surface area contributed by atoms with Gasteiger partial charge in [-0.3, -0.25) is 4.79 Å². The maximum Gasteiger partial charge on any atom is 0.225 e. The first-order valence-corrected chi connectivity index (χ1v) is 8.45. The maximum atomic E-state index is 12.7. The minimum Gasteiger partial charge on any atom is -0.381 e. The van der Waals surface area contributed by atoms with Crippen LogP contribution in [0.25, 0.3) is 0 Å². The van der Waals surface area contributed by atoms with Crippen molar-refractivity contribution in [3.8, 4) is 0 Å². The molecule has 6 heteroatoms. The zero-order valence-electron chi connectivity index (χ0n) is 13.7. The van der Waals surface area contributed by atoms with Crippen molar-refractivity contribution in [1.29, 1.82) is 0 Å². The summed E-state index contributed by atoms with van der Waals surface area (Å²) in [6.45, 7) is 6.03. The van der Waals surface area contributed by atoms with Gasteiger partial charge in [-0.2, -0.15) is 0 Å². The number of carbonyl (C=O) groups excluding carboxylic acids is 1. The van der Waals surface area contributed by atoms with Gasteiger partial charge in [-0.25, -0.2) is 9.97 Å². The molecular formula is C17H25N3O3. The van der Waals surface area contributed by atoms with Crippen LogP contribution in [0.1, 0.15) is 24.4 Å².